The summed E-state index contributed by atoms with van der Waals surface area (Å²) in [5.41, 5.74) is 0.823. The number of benzene rings is 2. The molecule has 0 saturated carbocycles. The first-order valence-corrected chi connectivity index (χ1v) is 7.13. The van der Waals surface area contributed by atoms with Crippen LogP contribution in [0.1, 0.15) is 12.8 Å². The van der Waals surface area contributed by atoms with E-state index in [0.717, 1.165) is 37.4 Å². The first-order chi connectivity index (χ1) is 10.3. The lowest BCUT2D eigenvalue weighted by atomic mass is 10.2. The minimum absolute atomic E-state index is 0.237. The van der Waals surface area contributed by atoms with Gasteiger partial charge in [0.25, 0.3) is 0 Å². The molecule has 3 nitrogen and oxygen atoms in total. The van der Waals surface area contributed by atoms with Gasteiger partial charge in [0.1, 0.15) is 17.3 Å². The predicted molar refractivity (Wildman–Crippen MR) is 80.9 cm³/mol. The molecule has 1 aliphatic rings. The van der Waals surface area contributed by atoms with Crippen LogP contribution >= 0.6 is 0 Å². The van der Waals surface area contributed by atoms with E-state index in [9.17, 15) is 4.39 Å². The largest absolute Gasteiger partial charge is 0.497 e. The molecule has 0 amide bonds. The van der Waals surface area contributed by atoms with Crippen molar-refractivity contribution in [1.82, 2.24) is 0 Å². The van der Waals surface area contributed by atoms with Crippen LogP contribution in [0.2, 0.25) is 0 Å². The van der Waals surface area contributed by atoms with Crippen LogP contribution in [0.5, 0.6) is 17.2 Å². The normalized spacial score (nSPS) is 14.3. The number of methoxy groups -OCH3 is 1. The van der Waals surface area contributed by atoms with Crippen molar-refractivity contribution in [3.05, 3.63) is 48.3 Å². The third kappa shape index (κ3) is 3.10. The second-order valence-corrected chi connectivity index (χ2v) is 5.08. The molecule has 4 heteroatoms. The lowest BCUT2D eigenvalue weighted by molar-refractivity contribution is 0.413. The first kappa shape index (κ1) is 13.7. The molecule has 21 heavy (non-hydrogen) atoms. The second-order valence-electron chi connectivity index (χ2n) is 5.08. The van der Waals surface area contributed by atoms with Gasteiger partial charge in [0, 0.05) is 19.2 Å². The molecule has 0 spiro atoms. The van der Waals surface area contributed by atoms with E-state index in [1.54, 1.807) is 19.2 Å². The Bertz CT molecular complexity index is 607. The molecule has 0 bridgehead atoms. The van der Waals surface area contributed by atoms with E-state index in [0.29, 0.717) is 11.5 Å². The third-order valence-electron chi connectivity index (χ3n) is 3.65. The number of hydrogen-bond acceptors (Lipinski definition) is 3. The summed E-state index contributed by atoms with van der Waals surface area (Å²) in [7, 11) is 1.63. The van der Waals surface area contributed by atoms with Crippen LogP contribution in [-0.2, 0) is 0 Å². The van der Waals surface area contributed by atoms with Crippen molar-refractivity contribution in [3.63, 3.8) is 0 Å². The fraction of sp³-hybridized carbons (Fsp3) is 0.294. The van der Waals surface area contributed by atoms with Crippen LogP contribution < -0.4 is 14.4 Å². The Morgan fingerprint density at radius 2 is 1.62 bits per heavy atom. The van der Waals surface area contributed by atoms with Gasteiger partial charge in [0.2, 0.25) is 0 Å². The minimum atomic E-state index is -0.237. The van der Waals surface area contributed by atoms with Crippen molar-refractivity contribution in [3.8, 4) is 17.2 Å². The van der Waals surface area contributed by atoms with Gasteiger partial charge in [-0.2, -0.15) is 0 Å². The molecule has 0 aliphatic carbocycles. The van der Waals surface area contributed by atoms with Crippen LogP contribution in [0.4, 0.5) is 10.1 Å². The summed E-state index contributed by atoms with van der Waals surface area (Å²) in [6.07, 6.45) is 2.27. The Morgan fingerprint density at radius 3 is 2.29 bits per heavy atom. The van der Waals surface area contributed by atoms with Gasteiger partial charge in [0.15, 0.2) is 5.75 Å². The Balaban J connectivity index is 1.86. The zero-order chi connectivity index (χ0) is 14.7. The summed E-state index contributed by atoms with van der Waals surface area (Å²) >= 11 is 0. The quantitative estimate of drug-likeness (QED) is 0.840. The highest BCUT2D eigenvalue weighted by Gasteiger charge is 2.17. The van der Waals surface area contributed by atoms with Gasteiger partial charge in [-0.3, -0.25) is 0 Å². The Morgan fingerprint density at radius 1 is 0.952 bits per heavy atom. The SMILES string of the molecule is COc1ccc(Oc2ccc(F)cc2N2CCCC2)cc1. The van der Waals surface area contributed by atoms with Crippen molar-refractivity contribution in [2.75, 3.05) is 25.1 Å². The summed E-state index contributed by atoms with van der Waals surface area (Å²) in [6.45, 7) is 1.89. The highest BCUT2D eigenvalue weighted by molar-refractivity contribution is 5.60. The van der Waals surface area contributed by atoms with Crippen molar-refractivity contribution in [2.24, 2.45) is 0 Å². The standard InChI is InChI=1S/C17H18FNO2/c1-20-14-5-7-15(8-6-14)21-17-9-4-13(18)12-16(17)19-10-2-3-11-19/h4-9,12H,2-3,10-11H2,1H3. The van der Waals surface area contributed by atoms with Gasteiger partial charge in [-0.25, -0.2) is 4.39 Å². The fourth-order valence-electron chi connectivity index (χ4n) is 2.55. The molecule has 3 rings (SSSR count). The highest BCUT2D eigenvalue weighted by atomic mass is 19.1. The van der Waals surface area contributed by atoms with Gasteiger partial charge in [-0.15, -0.1) is 0 Å². The lowest BCUT2D eigenvalue weighted by Crippen LogP contribution is -2.18. The monoisotopic (exact) mass is 287 g/mol. The molecule has 0 aromatic heterocycles. The number of nitrogens with zero attached hydrogens (tertiary/aromatic N) is 1. The molecule has 1 aliphatic heterocycles. The molecule has 1 fully saturated rings. The second kappa shape index (κ2) is 6.04. The summed E-state index contributed by atoms with van der Waals surface area (Å²) < 4.78 is 24.6. The molecule has 1 saturated heterocycles. The zero-order valence-corrected chi connectivity index (χ0v) is 12.0. The van der Waals surface area contributed by atoms with Crippen molar-refractivity contribution < 1.29 is 13.9 Å². The van der Waals surface area contributed by atoms with Crippen LogP contribution in [0.25, 0.3) is 0 Å². The molecule has 110 valence electrons. The highest BCUT2D eigenvalue weighted by Crippen LogP contribution is 2.35. The summed E-state index contributed by atoms with van der Waals surface area (Å²) in [6, 6.07) is 12.0. The Labute approximate surface area is 123 Å². The summed E-state index contributed by atoms with van der Waals surface area (Å²) in [4.78, 5) is 2.17. The topological polar surface area (TPSA) is 21.7 Å². The van der Waals surface area contributed by atoms with Crippen molar-refractivity contribution >= 4 is 5.69 Å². The fourth-order valence-corrected chi connectivity index (χ4v) is 2.55. The van der Waals surface area contributed by atoms with Crippen LogP contribution in [0, 0.1) is 5.82 Å². The van der Waals surface area contributed by atoms with Crippen LogP contribution in [0.3, 0.4) is 0 Å². The molecule has 1 heterocycles. The van der Waals surface area contributed by atoms with Gasteiger partial charge < -0.3 is 14.4 Å². The number of ether oxygens (including phenoxy) is 2. The molecule has 0 unspecified atom stereocenters. The van der Waals surface area contributed by atoms with E-state index < -0.39 is 0 Å². The maximum atomic E-state index is 13.5. The van der Waals surface area contributed by atoms with E-state index in [-0.39, 0.29) is 5.82 Å². The van der Waals surface area contributed by atoms with Gasteiger partial charge in [-0.1, -0.05) is 0 Å². The van der Waals surface area contributed by atoms with E-state index >= 15 is 0 Å². The minimum Gasteiger partial charge on any atom is -0.497 e. The van der Waals surface area contributed by atoms with E-state index in [2.05, 4.69) is 4.90 Å². The van der Waals surface area contributed by atoms with Crippen molar-refractivity contribution in [2.45, 2.75) is 12.8 Å². The maximum absolute atomic E-state index is 13.5. The Hall–Kier alpha value is -2.23. The molecule has 2 aromatic carbocycles. The Kier molecular flexibility index (Phi) is 3.95. The number of hydrogen-bond donors (Lipinski definition) is 0. The van der Waals surface area contributed by atoms with Gasteiger partial charge >= 0.3 is 0 Å². The zero-order valence-electron chi connectivity index (χ0n) is 12.0. The molecule has 0 radical (unpaired) electrons. The number of halogens is 1. The van der Waals surface area contributed by atoms with E-state index in [1.807, 2.05) is 24.3 Å². The van der Waals surface area contributed by atoms with Gasteiger partial charge in [-0.05, 0) is 49.2 Å². The van der Waals surface area contributed by atoms with Gasteiger partial charge in [0.05, 0.1) is 12.8 Å². The maximum Gasteiger partial charge on any atom is 0.150 e. The molecular formula is C17H18FNO2. The van der Waals surface area contributed by atoms with Crippen LogP contribution in [0.15, 0.2) is 42.5 Å². The van der Waals surface area contributed by atoms with Crippen LogP contribution in [-0.4, -0.2) is 20.2 Å². The average molecular weight is 287 g/mol. The smallest absolute Gasteiger partial charge is 0.150 e. The van der Waals surface area contributed by atoms with Crippen molar-refractivity contribution in [1.29, 1.82) is 0 Å². The molecule has 2 aromatic rings. The third-order valence-corrected chi connectivity index (χ3v) is 3.65. The molecular weight excluding hydrogens is 269 g/mol. The summed E-state index contributed by atoms with van der Waals surface area (Å²) in [5, 5.41) is 0. The molecule has 0 atom stereocenters. The van der Waals surface area contributed by atoms with E-state index in [4.69, 9.17) is 9.47 Å². The summed E-state index contributed by atoms with van der Waals surface area (Å²) in [5.74, 6) is 1.94. The average Bonchev–Trinajstić information content (AvgIpc) is 3.04. The number of rotatable bonds is 4. The first-order valence-electron chi connectivity index (χ1n) is 7.13. The number of anilines is 1. The molecule has 0 N–H and O–H groups in total. The van der Waals surface area contributed by atoms with E-state index in [1.165, 1.54) is 6.07 Å². The predicted octanol–water partition coefficient (Wildman–Crippen LogP) is 4.23. The lowest BCUT2D eigenvalue weighted by Gasteiger charge is -2.21.